The molecule has 12 heteroatoms. The highest BCUT2D eigenvalue weighted by molar-refractivity contribution is 7.47. The van der Waals surface area contributed by atoms with Crippen molar-refractivity contribution in [1.29, 1.82) is 0 Å². The van der Waals surface area contributed by atoms with Crippen LogP contribution in [0.25, 0.3) is 0 Å². The van der Waals surface area contributed by atoms with Crippen LogP contribution in [0.1, 0.15) is 187 Å². The van der Waals surface area contributed by atoms with Gasteiger partial charge in [-0.05, 0) is 77.0 Å². The maximum atomic E-state index is 12.6. The Morgan fingerprint density at radius 3 is 1.41 bits per heavy atom. The van der Waals surface area contributed by atoms with E-state index in [1.54, 1.807) is 0 Å². The van der Waals surface area contributed by atoms with E-state index >= 15 is 0 Å². The van der Waals surface area contributed by atoms with Crippen LogP contribution in [0.5, 0.6) is 0 Å². The largest absolute Gasteiger partial charge is 0.480 e. The van der Waals surface area contributed by atoms with E-state index < -0.39 is 51.1 Å². The number of unbranched alkanes of at least 4 members (excludes halogenated alkanes) is 18. The number of phosphoric acid groups is 1. The zero-order chi connectivity index (χ0) is 43.5. The lowest BCUT2D eigenvalue weighted by atomic mass is 10.1. The standard InChI is InChI=1S/C47H82NO10P/c1-3-5-7-9-11-13-15-17-19-20-21-22-23-24-25-27-29-31-33-35-37-39-46(50)58-43(41-56-59(53,54)57-42-44(48)47(51)52)40-55-45(49)38-36-34-32-30-28-26-18-16-14-12-10-8-6-4-2/h16,18-20,22-23,25,27,31,33,43-44H,3-15,17,21,24,26,28-30,32,34-42,48H2,1-2H3,(H,51,52)(H,53,54)/b18-16+,20-19+,23-22+,27-25+,33-31+/t43-,44-/m0/s1. The van der Waals surface area contributed by atoms with E-state index in [4.69, 9.17) is 24.8 Å². The Morgan fingerprint density at radius 1 is 0.525 bits per heavy atom. The first-order valence-corrected chi connectivity index (χ1v) is 24.3. The van der Waals surface area contributed by atoms with Gasteiger partial charge in [0.25, 0.3) is 0 Å². The van der Waals surface area contributed by atoms with Gasteiger partial charge in [0.15, 0.2) is 6.10 Å². The van der Waals surface area contributed by atoms with Crippen molar-refractivity contribution < 1.29 is 47.5 Å². The van der Waals surface area contributed by atoms with Crippen LogP contribution in [0.3, 0.4) is 0 Å². The number of ether oxygens (including phenoxy) is 2. The van der Waals surface area contributed by atoms with Crippen molar-refractivity contribution in [3.8, 4) is 0 Å². The van der Waals surface area contributed by atoms with Crippen LogP contribution in [-0.4, -0.2) is 59.9 Å². The fourth-order valence-electron chi connectivity index (χ4n) is 5.88. The second-order valence-corrected chi connectivity index (χ2v) is 16.6. The van der Waals surface area contributed by atoms with Crippen LogP contribution in [0, 0.1) is 0 Å². The van der Waals surface area contributed by atoms with Crippen LogP contribution < -0.4 is 5.73 Å². The van der Waals surface area contributed by atoms with E-state index in [2.05, 4.69) is 67.0 Å². The minimum atomic E-state index is -4.74. The highest BCUT2D eigenvalue weighted by atomic mass is 31.2. The molecule has 0 aliphatic rings. The monoisotopic (exact) mass is 852 g/mol. The molecule has 11 nitrogen and oxygen atoms in total. The molecule has 0 saturated carbocycles. The van der Waals surface area contributed by atoms with Crippen LogP contribution in [0.4, 0.5) is 0 Å². The second kappa shape index (κ2) is 41.9. The van der Waals surface area contributed by atoms with Crippen molar-refractivity contribution >= 4 is 25.7 Å². The van der Waals surface area contributed by atoms with Crippen LogP contribution in [-0.2, 0) is 37.5 Å². The van der Waals surface area contributed by atoms with Crippen molar-refractivity contribution in [3.05, 3.63) is 60.8 Å². The topological polar surface area (TPSA) is 172 Å². The Morgan fingerprint density at radius 2 is 0.915 bits per heavy atom. The van der Waals surface area contributed by atoms with Crippen molar-refractivity contribution in [2.24, 2.45) is 5.73 Å². The van der Waals surface area contributed by atoms with Gasteiger partial charge < -0.3 is 25.2 Å². The van der Waals surface area contributed by atoms with Gasteiger partial charge in [-0.15, -0.1) is 0 Å². The summed E-state index contributed by atoms with van der Waals surface area (Å²) < 4.78 is 32.6. The number of nitrogens with two attached hydrogens (primary N) is 1. The summed E-state index contributed by atoms with van der Waals surface area (Å²) in [5.74, 6) is -2.46. The molecule has 0 rings (SSSR count). The number of aliphatic carboxylic acids is 1. The van der Waals surface area contributed by atoms with Gasteiger partial charge in [0, 0.05) is 12.8 Å². The maximum Gasteiger partial charge on any atom is 0.472 e. The van der Waals surface area contributed by atoms with Crippen LogP contribution in [0.15, 0.2) is 60.8 Å². The highest BCUT2D eigenvalue weighted by Gasteiger charge is 2.28. The number of carboxylic acid groups (broad SMARTS) is 1. The number of allylic oxidation sites excluding steroid dienone is 10. The predicted molar refractivity (Wildman–Crippen MR) is 240 cm³/mol. The summed E-state index contributed by atoms with van der Waals surface area (Å²) in [6.07, 6.45) is 48.7. The lowest BCUT2D eigenvalue weighted by Gasteiger charge is -2.20. The van der Waals surface area contributed by atoms with Gasteiger partial charge in [0.2, 0.25) is 0 Å². The molecule has 0 saturated heterocycles. The minimum Gasteiger partial charge on any atom is -0.480 e. The summed E-state index contributed by atoms with van der Waals surface area (Å²) in [6, 6.07) is -1.53. The Bertz CT molecular complexity index is 1230. The molecule has 0 aromatic rings. The molecule has 0 radical (unpaired) electrons. The molecule has 0 heterocycles. The van der Waals surface area contributed by atoms with E-state index in [-0.39, 0.29) is 19.4 Å². The average molecular weight is 852 g/mol. The molecule has 59 heavy (non-hydrogen) atoms. The summed E-state index contributed by atoms with van der Waals surface area (Å²) in [6.45, 7) is 2.72. The fourth-order valence-corrected chi connectivity index (χ4v) is 6.65. The minimum absolute atomic E-state index is 0.0818. The van der Waals surface area contributed by atoms with Crippen molar-refractivity contribution in [2.45, 2.75) is 199 Å². The quantitative estimate of drug-likeness (QED) is 0.0231. The number of carbonyl (C=O) groups is 3. The van der Waals surface area contributed by atoms with Gasteiger partial charge >= 0.3 is 25.7 Å². The number of esters is 2. The predicted octanol–water partition coefficient (Wildman–Crippen LogP) is 12.3. The maximum absolute atomic E-state index is 12.6. The molecule has 3 atom stereocenters. The highest BCUT2D eigenvalue weighted by Crippen LogP contribution is 2.43. The lowest BCUT2D eigenvalue weighted by Crippen LogP contribution is -2.34. The number of phosphoric ester groups is 1. The average Bonchev–Trinajstić information content (AvgIpc) is 3.21. The molecule has 0 spiro atoms. The third-order valence-corrected chi connectivity index (χ3v) is 10.4. The molecule has 0 aromatic carbocycles. The molecule has 0 amide bonds. The van der Waals surface area contributed by atoms with Crippen molar-refractivity contribution in [3.63, 3.8) is 0 Å². The zero-order valence-corrected chi connectivity index (χ0v) is 37.7. The molecule has 1 unspecified atom stereocenters. The van der Waals surface area contributed by atoms with Gasteiger partial charge in [-0.3, -0.25) is 23.4 Å². The van der Waals surface area contributed by atoms with Crippen molar-refractivity contribution in [1.82, 2.24) is 0 Å². The molecule has 4 N–H and O–H groups in total. The van der Waals surface area contributed by atoms with E-state index in [1.165, 1.54) is 83.5 Å². The van der Waals surface area contributed by atoms with Gasteiger partial charge in [-0.25, -0.2) is 4.57 Å². The van der Waals surface area contributed by atoms with E-state index in [0.29, 0.717) is 19.3 Å². The Hall–Kier alpha value is -2.82. The van der Waals surface area contributed by atoms with Crippen LogP contribution in [0.2, 0.25) is 0 Å². The van der Waals surface area contributed by atoms with Gasteiger partial charge in [0.1, 0.15) is 12.6 Å². The Labute approximate surface area is 357 Å². The molecule has 0 aliphatic heterocycles. The van der Waals surface area contributed by atoms with Crippen LogP contribution >= 0.6 is 7.82 Å². The molecule has 0 bridgehead atoms. The number of hydrogen-bond acceptors (Lipinski definition) is 9. The summed E-state index contributed by atoms with van der Waals surface area (Å²) in [5, 5.41) is 8.89. The summed E-state index contributed by atoms with van der Waals surface area (Å²) in [5.41, 5.74) is 5.33. The SMILES string of the molecule is CCCCCCC/C=C/CCCCCCCC(=O)OC[C@@H](COP(=O)(O)OC[C@H](N)C(=O)O)OC(=O)CCC/C=C/C/C=C/C/C=C/C/C=C/CCCCCCCCC. The van der Waals surface area contributed by atoms with Crippen molar-refractivity contribution in [2.75, 3.05) is 19.8 Å². The van der Waals surface area contributed by atoms with Gasteiger partial charge in [-0.1, -0.05) is 158 Å². The van der Waals surface area contributed by atoms with Gasteiger partial charge in [-0.2, -0.15) is 0 Å². The van der Waals surface area contributed by atoms with E-state index in [9.17, 15) is 23.8 Å². The smallest absolute Gasteiger partial charge is 0.472 e. The molecule has 340 valence electrons. The normalized spacial score (nSPS) is 14.2. The first kappa shape index (κ1) is 56.2. The summed E-state index contributed by atoms with van der Waals surface area (Å²) >= 11 is 0. The third kappa shape index (κ3) is 41.7. The zero-order valence-electron chi connectivity index (χ0n) is 36.8. The first-order chi connectivity index (χ1) is 28.6. The van der Waals surface area contributed by atoms with E-state index in [1.807, 2.05) is 12.2 Å². The Kier molecular flexibility index (Phi) is 39.9. The number of rotatable bonds is 42. The Balaban J connectivity index is 4.45. The molecule has 0 fully saturated rings. The number of carbonyl (C=O) groups excluding carboxylic acids is 2. The van der Waals surface area contributed by atoms with Gasteiger partial charge in [0.05, 0.1) is 13.2 Å². The molecular weight excluding hydrogens is 769 g/mol. The molecule has 0 aromatic heterocycles. The van der Waals surface area contributed by atoms with E-state index in [0.717, 1.165) is 57.8 Å². The second-order valence-electron chi connectivity index (χ2n) is 15.2. The first-order valence-electron chi connectivity index (χ1n) is 22.8. The molecule has 0 aliphatic carbocycles. The molecular formula is C47H82NO10P. The third-order valence-electron chi connectivity index (χ3n) is 9.49. The lowest BCUT2D eigenvalue weighted by molar-refractivity contribution is -0.161. The number of carboxylic acids is 1. The summed E-state index contributed by atoms with van der Waals surface area (Å²) in [7, 11) is -4.74. The fraction of sp³-hybridized carbons (Fsp3) is 0.723. The number of hydrogen-bond donors (Lipinski definition) is 3. The summed E-state index contributed by atoms with van der Waals surface area (Å²) in [4.78, 5) is 46.0.